The molecule has 0 radical (unpaired) electrons. The van der Waals surface area contributed by atoms with Gasteiger partial charge < -0.3 is 10.2 Å². The molecule has 2 bridgehead atoms. The lowest BCUT2D eigenvalue weighted by Gasteiger charge is -2.31. The van der Waals surface area contributed by atoms with Crippen LogP contribution in [0.1, 0.15) is 31.7 Å². The lowest BCUT2D eigenvalue weighted by atomic mass is 10.1. The highest BCUT2D eigenvalue weighted by molar-refractivity contribution is 6.30. The van der Waals surface area contributed by atoms with E-state index in [0.717, 1.165) is 30.1 Å². The maximum Gasteiger partial charge on any atom is 0.0429 e. The molecule has 0 amide bonds. The summed E-state index contributed by atoms with van der Waals surface area (Å²) in [6, 6.07) is 7.08. The van der Waals surface area contributed by atoms with Crippen molar-refractivity contribution in [2.45, 2.75) is 38.8 Å². The van der Waals surface area contributed by atoms with Crippen LogP contribution in [0.25, 0.3) is 0 Å². The zero-order valence-corrected chi connectivity index (χ0v) is 11.7. The predicted molar refractivity (Wildman–Crippen MR) is 77.3 cm³/mol. The standard InChI is InChI=1S/C15H21ClN2/c1-2-17-9-12-4-5-13(16)8-15(12)18-10-11-3-6-14(18)7-11/h4-5,8,11,14,17H,2-3,6-7,9-10H2,1H3. The van der Waals surface area contributed by atoms with Gasteiger partial charge in [-0.25, -0.2) is 0 Å². The van der Waals surface area contributed by atoms with E-state index in [0.29, 0.717) is 0 Å². The molecule has 2 nitrogen and oxygen atoms in total. The van der Waals surface area contributed by atoms with E-state index in [1.165, 1.54) is 37.1 Å². The fourth-order valence-corrected chi connectivity index (χ4v) is 3.60. The van der Waals surface area contributed by atoms with Gasteiger partial charge in [-0.05, 0) is 49.4 Å². The van der Waals surface area contributed by atoms with Gasteiger partial charge in [0.1, 0.15) is 0 Å². The Morgan fingerprint density at radius 1 is 1.39 bits per heavy atom. The summed E-state index contributed by atoms with van der Waals surface area (Å²) in [5, 5.41) is 4.28. The second kappa shape index (κ2) is 5.10. The van der Waals surface area contributed by atoms with Gasteiger partial charge in [0.2, 0.25) is 0 Å². The Hall–Kier alpha value is -0.730. The van der Waals surface area contributed by atoms with Gasteiger partial charge in [0.05, 0.1) is 0 Å². The largest absolute Gasteiger partial charge is 0.368 e. The average Bonchev–Trinajstić information content (AvgIpc) is 2.99. The van der Waals surface area contributed by atoms with Gasteiger partial charge in [0.25, 0.3) is 0 Å². The van der Waals surface area contributed by atoms with Gasteiger partial charge >= 0.3 is 0 Å². The Balaban J connectivity index is 1.87. The first kappa shape index (κ1) is 12.3. The smallest absolute Gasteiger partial charge is 0.0429 e. The second-order valence-corrected chi connectivity index (χ2v) is 5.98. The molecule has 1 aliphatic carbocycles. The minimum absolute atomic E-state index is 0.758. The maximum absolute atomic E-state index is 6.18. The number of nitrogens with one attached hydrogen (secondary N) is 1. The van der Waals surface area contributed by atoms with Crippen LogP contribution < -0.4 is 10.2 Å². The molecule has 0 aromatic heterocycles. The van der Waals surface area contributed by atoms with Gasteiger partial charge in [0, 0.05) is 29.8 Å². The zero-order chi connectivity index (χ0) is 12.5. The van der Waals surface area contributed by atoms with Crippen molar-refractivity contribution in [3.63, 3.8) is 0 Å². The average molecular weight is 265 g/mol. The van der Waals surface area contributed by atoms with Crippen molar-refractivity contribution in [2.75, 3.05) is 18.0 Å². The Morgan fingerprint density at radius 2 is 2.28 bits per heavy atom. The predicted octanol–water partition coefficient (Wildman–Crippen LogP) is 3.44. The second-order valence-electron chi connectivity index (χ2n) is 5.54. The van der Waals surface area contributed by atoms with Crippen LogP contribution in [0.15, 0.2) is 18.2 Å². The molecule has 1 N–H and O–H groups in total. The molecule has 3 rings (SSSR count). The summed E-state index contributed by atoms with van der Waals surface area (Å²) in [4.78, 5) is 2.59. The number of rotatable bonds is 4. The molecule has 1 saturated carbocycles. The summed E-state index contributed by atoms with van der Waals surface area (Å²) < 4.78 is 0. The number of halogens is 1. The minimum atomic E-state index is 0.758. The van der Waals surface area contributed by atoms with Crippen molar-refractivity contribution in [1.82, 2.24) is 5.32 Å². The van der Waals surface area contributed by atoms with Crippen LogP contribution in [0.5, 0.6) is 0 Å². The lowest BCUT2D eigenvalue weighted by Crippen LogP contribution is -2.33. The van der Waals surface area contributed by atoms with E-state index in [-0.39, 0.29) is 0 Å². The molecule has 1 aromatic rings. The van der Waals surface area contributed by atoms with E-state index in [1.54, 1.807) is 0 Å². The van der Waals surface area contributed by atoms with Crippen LogP contribution >= 0.6 is 11.6 Å². The molecule has 1 aromatic carbocycles. The van der Waals surface area contributed by atoms with Crippen LogP contribution in [0.4, 0.5) is 5.69 Å². The van der Waals surface area contributed by atoms with Crippen LogP contribution in [0.3, 0.4) is 0 Å². The molecule has 0 spiro atoms. The number of anilines is 1. The first-order valence-corrected chi connectivity index (χ1v) is 7.41. The summed E-state index contributed by atoms with van der Waals surface area (Å²) in [6.45, 7) is 5.32. The van der Waals surface area contributed by atoms with E-state index in [9.17, 15) is 0 Å². The summed E-state index contributed by atoms with van der Waals surface area (Å²) in [7, 11) is 0. The highest BCUT2D eigenvalue weighted by Crippen LogP contribution is 2.41. The molecule has 2 aliphatic rings. The van der Waals surface area contributed by atoms with E-state index < -0.39 is 0 Å². The van der Waals surface area contributed by atoms with Crippen LogP contribution in [-0.2, 0) is 6.54 Å². The summed E-state index contributed by atoms with van der Waals surface area (Å²) in [5.74, 6) is 0.918. The summed E-state index contributed by atoms with van der Waals surface area (Å²) >= 11 is 6.18. The number of hydrogen-bond acceptors (Lipinski definition) is 2. The molecule has 18 heavy (non-hydrogen) atoms. The number of benzene rings is 1. The van der Waals surface area contributed by atoms with Gasteiger partial charge in [-0.3, -0.25) is 0 Å². The highest BCUT2D eigenvalue weighted by atomic mass is 35.5. The Labute approximate surface area is 114 Å². The first-order valence-electron chi connectivity index (χ1n) is 7.03. The van der Waals surface area contributed by atoms with Crippen LogP contribution in [-0.4, -0.2) is 19.1 Å². The maximum atomic E-state index is 6.18. The fourth-order valence-electron chi connectivity index (χ4n) is 3.43. The third-order valence-corrected chi connectivity index (χ3v) is 4.57. The third kappa shape index (κ3) is 2.24. The normalized spacial score (nSPS) is 26.0. The lowest BCUT2D eigenvalue weighted by molar-refractivity contribution is 0.551. The molecule has 1 aliphatic heterocycles. The van der Waals surface area contributed by atoms with E-state index in [1.807, 2.05) is 6.07 Å². The molecular weight excluding hydrogens is 244 g/mol. The van der Waals surface area contributed by atoms with E-state index in [2.05, 4.69) is 29.3 Å². The van der Waals surface area contributed by atoms with Crippen molar-refractivity contribution in [3.05, 3.63) is 28.8 Å². The quantitative estimate of drug-likeness (QED) is 0.896. The van der Waals surface area contributed by atoms with Crippen molar-refractivity contribution in [3.8, 4) is 0 Å². The molecule has 3 heteroatoms. The number of piperidine rings is 1. The first-order chi connectivity index (χ1) is 8.78. The molecule has 1 saturated heterocycles. The SMILES string of the molecule is CCNCc1ccc(Cl)cc1N1CC2CCC1C2. The Morgan fingerprint density at radius 3 is 2.94 bits per heavy atom. The summed E-state index contributed by atoms with van der Waals surface area (Å²) in [6.07, 6.45) is 4.16. The molecule has 2 fully saturated rings. The molecular formula is C15H21ClN2. The molecule has 1 heterocycles. The van der Waals surface area contributed by atoms with Crippen molar-refractivity contribution in [2.24, 2.45) is 5.92 Å². The van der Waals surface area contributed by atoms with Crippen molar-refractivity contribution >= 4 is 17.3 Å². The fraction of sp³-hybridized carbons (Fsp3) is 0.600. The van der Waals surface area contributed by atoms with E-state index in [4.69, 9.17) is 11.6 Å². The van der Waals surface area contributed by atoms with Crippen molar-refractivity contribution in [1.29, 1.82) is 0 Å². The van der Waals surface area contributed by atoms with Gasteiger partial charge in [-0.15, -0.1) is 0 Å². The summed E-state index contributed by atoms with van der Waals surface area (Å²) in [5.41, 5.74) is 2.74. The zero-order valence-electron chi connectivity index (χ0n) is 11.0. The minimum Gasteiger partial charge on any atom is -0.368 e. The Bertz CT molecular complexity index is 433. The monoisotopic (exact) mass is 264 g/mol. The molecule has 98 valence electrons. The van der Waals surface area contributed by atoms with Crippen molar-refractivity contribution < 1.29 is 0 Å². The van der Waals surface area contributed by atoms with E-state index >= 15 is 0 Å². The van der Waals surface area contributed by atoms with Crippen LogP contribution in [0, 0.1) is 5.92 Å². The molecule has 2 atom stereocenters. The topological polar surface area (TPSA) is 15.3 Å². The van der Waals surface area contributed by atoms with Crippen LogP contribution in [0.2, 0.25) is 5.02 Å². The number of fused-ring (bicyclic) bond motifs is 2. The van der Waals surface area contributed by atoms with Gasteiger partial charge in [-0.1, -0.05) is 24.6 Å². The van der Waals surface area contributed by atoms with Gasteiger partial charge in [0.15, 0.2) is 0 Å². The van der Waals surface area contributed by atoms with Gasteiger partial charge in [-0.2, -0.15) is 0 Å². The number of nitrogens with zero attached hydrogens (tertiary/aromatic N) is 1. The Kier molecular flexibility index (Phi) is 3.49. The number of hydrogen-bond donors (Lipinski definition) is 1. The highest BCUT2D eigenvalue weighted by Gasteiger charge is 2.38. The molecule has 2 unspecified atom stereocenters. The third-order valence-electron chi connectivity index (χ3n) is 4.33.